The summed E-state index contributed by atoms with van der Waals surface area (Å²) in [5.74, 6) is 1.57. The van der Waals surface area contributed by atoms with Gasteiger partial charge in [0.25, 0.3) is 0 Å². The quantitative estimate of drug-likeness (QED) is 0.376. The third-order valence-corrected chi connectivity index (χ3v) is 2.48. The second-order valence-electron chi connectivity index (χ2n) is 3.93. The summed E-state index contributed by atoms with van der Waals surface area (Å²) in [4.78, 5) is 0. The van der Waals surface area contributed by atoms with Crippen molar-refractivity contribution in [1.29, 1.82) is 0 Å². The lowest BCUT2D eigenvalue weighted by Crippen LogP contribution is -2.12. The molecule has 0 fully saturated rings. The maximum absolute atomic E-state index is 8.55. The second kappa shape index (κ2) is 5.23. The lowest BCUT2D eigenvalue weighted by Gasteiger charge is -2.07. The molecule has 0 radical (unpaired) electrons. The molecule has 0 aromatic heterocycles. The predicted molar refractivity (Wildman–Crippen MR) is 70.2 cm³/mol. The van der Waals surface area contributed by atoms with Gasteiger partial charge in [0.15, 0.2) is 5.84 Å². The Kier molecular flexibility index (Phi) is 3.48. The molecule has 0 saturated heterocycles. The third-order valence-electron chi connectivity index (χ3n) is 2.48. The number of hydrogen-bond acceptors (Lipinski definition) is 3. The number of nitrogens with two attached hydrogens (primary N) is 1. The van der Waals surface area contributed by atoms with Crippen LogP contribution in [0.2, 0.25) is 0 Å². The van der Waals surface area contributed by atoms with Crippen molar-refractivity contribution in [3.05, 3.63) is 59.7 Å². The summed E-state index contributed by atoms with van der Waals surface area (Å²) in [6, 6.07) is 14.8. The van der Waals surface area contributed by atoms with Crippen molar-refractivity contribution in [2.75, 3.05) is 0 Å². The van der Waals surface area contributed by atoms with Gasteiger partial charge >= 0.3 is 0 Å². The first-order valence-corrected chi connectivity index (χ1v) is 5.51. The number of hydrogen-bond donors (Lipinski definition) is 2. The fourth-order valence-electron chi connectivity index (χ4n) is 1.57. The van der Waals surface area contributed by atoms with Gasteiger partial charge in [0.1, 0.15) is 11.5 Å². The molecular formula is C14H14N2O2. The van der Waals surface area contributed by atoms with Crippen LogP contribution in [0, 0.1) is 6.92 Å². The number of rotatable bonds is 3. The standard InChI is InChI=1S/C14H14N2O2/c1-10-3-2-4-13(9-10)18-12-7-5-11(6-8-12)14(15)16-17/h2-9,17H,1H3,(H2,15,16). The topological polar surface area (TPSA) is 67.8 Å². The van der Waals surface area contributed by atoms with E-state index in [4.69, 9.17) is 15.7 Å². The molecule has 2 rings (SSSR count). The Balaban J connectivity index is 2.16. The summed E-state index contributed by atoms with van der Waals surface area (Å²) in [6.45, 7) is 2.01. The van der Waals surface area contributed by atoms with Crippen molar-refractivity contribution in [2.45, 2.75) is 6.92 Å². The minimum Gasteiger partial charge on any atom is -0.457 e. The van der Waals surface area contributed by atoms with E-state index in [0.29, 0.717) is 11.3 Å². The number of nitrogens with zero attached hydrogens (tertiary/aromatic N) is 1. The van der Waals surface area contributed by atoms with E-state index in [1.54, 1.807) is 24.3 Å². The molecule has 0 spiro atoms. The number of ether oxygens (including phenoxy) is 1. The smallest absolute Gasteiger partial charge is 0.170 e. The zero-order valence-corrected chi connectivity index (χ0v) is 10.00. The molecule has 4 heteroatoms. The maximum atomic E-state index is 8.55. The number of amidine groups is 1. The Morgan fingerprint density at radius 2 is 1.83 bits per heavy atom. The van der Waals surface area contributed by atoms with E-state index in [1.165, 1.54) is 0 Å². The molecule has 2 aromatic carbocycles. The van der Waals surface area contributed by atoms with Gasteiger partial charge in [-0.2, -0.15) is 0 Å². The van der Waals surface area contributed by atoms with Crippen LogP contribution in [-0.2, 0) is 0 Å². The number of oxime groups is 1. The fraction of sp³-hybridized carbons (Fsp3) is 0.0714. The minimum atomic E-state index is 0.0807. The van der Waals surface area contributed by atoms with Crippen molar-refractivity contribution in [3.63, 3.8) is 0 Å². The highest BCUT2D eigenvalue weighted by Gasteiger charge is 2.01. The Bertz CT molecular complexity index is 562. The van der Waals surface area contributed by atoms with Crippen LogP contribution >= 0.6 is 0 Å². The van der Waals surface area contributed by atoms with Gasteiger partial charge in [0.2, 0.25) is 0 Å². The van der Waals surface area contributed by atoms with Gasteiger partial charge in [-0.05, 0) is 48.9 Å². The molecule has 0 aliphatic rings. The van der Waals surface area contributed by atoms with Crippen LogP contribution in [0.4, 0.5) is 0 Å². The van der Waals surface area contributed by atoms with Crippen LogP contribution in [0.1, 0.15) is 11.1 Å². The van der Waals surface area contributed by atoms with Gasteiger partial charge in [0, 0.05) is 5.56 Å². The lowest BCUT2D eigenvalue weighted by molar-refractivity contribution is 0.318. The summed E-state index contributed by atoms with van der Waals surface area (Å²) >= 11 is 0. The van der Waals surface area contributed by atoms with Gasteiger partial charge in [-0.25, -0.2) is 0 Å². The lowest BCUT2D eigenvalue weighted by atomic mass is 10.2. The summed E-state index contributed by atoms with van der Waals surface area (Å²) < 4.78 is 5.68. The maximum Gasteiger partial charge on any atom is 0.170 e. The van der Waals surface area contributed by atoms with Crippen LogP contribution < -0.4 is 10.5 Å². The van der Waals surface area contributed by atoms with Gasteiger partial charge < -0.3 is 15.7 Å². The Hall–Kier alpha value is -2.49. The average Bonchev–Trinajstić information content (AvgIpc) is 2.39. The van der Waals surface area contributed by atoms with Gasteiger partial charge in [-0.15, -0.1) is 0 Å². The molecule has 3 N–H and O–H groups in total. The van der Waals surface area contributed by atoms with E-state index in [2.05, 4.69) is 5.16 Å². The van der Waals surface area contributed by atoms with E-state index < -0.39 is 0 Å². The highest BCUT2D eigenvalue weighted by Crippen LogP contribution is 2.22. The van der Waals surface area contributed by atoms with E-state index in [0.717, 1.165) is 11.3 Å². The molecule has 0 aliphatic carbocycles. The molecule has 0 aliphatic heterocycles. The summed E-state index contributed by atoms with van der Waals surface area (Å²) in [6.07, 6.45) is 0. The highest BCUT2D eigenvalue weighted by molar-refractivity contribution is 5.97. The number of aryl methyl sites for hydroxylation is 1. The molecule has 0 amide bonds. The van der Waals surface area contributed by atoms with Crippen LogP contribution in [0.25, 0.3) is 0 Å². The van der Waals surface area contributed by atoms with Crippen molar-refractivity contribution in [2.24, 2.45) is 10.9 Å². The van der Waals surface area contributed by atoms with Crippen molar-refractivity contribution >= 4 is 5.84 Å². The van der Waals surface area contributed by atoms with Crippen molar-refractivity contribution < 1.29 is 9.94 Å². The van der Waals surface area contributed by atoms with Gasteiger partial charge in [-0.1, -0.05) is 17.3 Å². The van der Waals surface area contributed by atoms with Gasteiger partial charge in [-0.3, -0.25) is 0 Å². The van der Waals surface area contributed by atoms with Crippen LogP contribution in [0.5, 0.6) is 11.5 Å². The molecule has 92 valence electrons. The van der Waals surface area contributed by atoms with Crippen LogP contribution in [0.3, 0.4) is 0 Å². The van der Waals surface area contributed by atoms with Crippen molar-refractivity contribution in [3.8, 4) is 11.5 Å². The molecule has 0 unspecified atom stereocenters. The van der Waals surface area contributed by atoms with Crippen molar-refractivity contribution in [1.82, 2.24) is 0 Å². The molecular weight excluding hydrogens is 228 g/mol. The van der Waals surface area contributed by atoms with E-state index in [1.807, 2.05) is 31.2 Å². The first-order chi connectivity index (χ1) is 8.69. The van der Waals surface area contributed by atoms with E-state index in [9.17, 15) is 0 Å². The summed E-state index contributed by atoms with van der Waals surface area (Å²) in [5, 5.41) is 11.5. The molecule has 2 aromatic rings. The normalized spacial score (nSPS) is 11.3. The first kappa shape index (κ1) is 12.0. The first-order valence-electron chi connectivity index (χ1n) is 5.51. The largest absolute Gasteiger partial charge is 0.457 e. The fourth-order valence-corrected chi connectivity index (χ4v) is 1.57. The Labute approximate surface area is 105 Å². The average molecular weight is 242 g/mol. The Morgan fingerprint density at radius 1 is 1.11 bits per heavy atom. The van der Waals surface area contributed by atoms with Crippen LogP contribution in [-0.4, -0.2) is 11.0 Å². The monoisotopic (exact) mass is 242 g/mol. The zero-order valence-electron chi connectivity index (χ0n) is 10.00. The SMILES string of the molecule is Cc1cccc(Oc2ccc(/C(N)=N/O)cc2)c1. The zero-order chi connectivity index (χ0) is 13.0. The van der Waals surface area contributed by atoms with Crippen LogP contribution in [0.15, 0.2) is 53.7 Å². The van der Waals surface area contributed by atoms with E-state index in [-0.39, 0.29) is 5.84 Å². The molecule has 0 bridgehead atoms. The highest BCUT2D eigenvalue weighted by atomic mass is 16.5. The second-order valence-corrected chi connectivity index (χ2v) is 3.93. The number of benzene rings is 2. The molecule has 18 heavy (non-hydrogen) atoms. The molecule has 0 saturated carbocycles. The summed E-state index contributed by atoms with van der Waals surface area (Å²) in [7, 11) is 0. The molecule has 0 heterocycles. The summed E-state index contributed by atoms with van der Waals surface area (Å²) in [5.41, 5.74) is 7.26. The van der Waals surface area contributed by atoms with E-state index >= 15 is 0 Å². The minimum absolute atomic E-state index is 0.0807. The third kappa shape index (κ3) is 2.79. The Morgan fingerprint density at radius 3 is 2.44 bits per heavy atom. The molecule has 0 atom stereocenters. The van der Waals surface area contributed by atoms with Gasteiger partial charge in [0.05, 0.1) is 0 Å². The predicted octanol–water partition coefficient (Wildman–Crippen LogP) is 2.88. The molecule has 4 nitrogen and oxygen atoms in total.